The molecule has 108 valence electrons. The highest BCUT2D eigenvalue weighted by Crippen LogP contribution is 2.25. The van der Waals surface area contributed by atoms with Crippen LogP contribution in [0.2, 0.25) is 0 Å². The molecule has 0 radical (unpaired) electrons. The van der Waals surface area contributed by atoms with Gasteiger partial charge >= 0.3 is 0 Å². The van der Waals surface area contributed by atoms with E-state index in [4.69, 9.17) is 0 Å². The van der Waals surface area contributed by atoms with Gasteiger partial charge in [0, 0.05) is 31.3 Å². The van der Waals surface area contributed by atoms with E-state index >= 15 is 0 Å². The van der Waals surface area contributed by atoms with Crippen LogP contribution in [0, 0.1) is 10.1 Å². The van der Waals surface area contributed by atoms with Crippen LogP contribution in [-0.4, -0.2) is 37.0 Å². The number of amides is 1. The van der Waals surface area contributed by atoms with E-state index in [-0.39, 0.29) is 11.6 Å². The van der Waals surface area contributed by atoms with Gasteiger partial charge in [0.2, 0.25) is 0 Å². The molecule has 0 saturated carbocycles. The van der Waals surface area contributed by atoms with Gasteiger partial charge in [0.15, 0.2) is 0 Å². The summed E-state index contributed by atoms with van der Waals surface area (Å²) < 4.78 is 0. The Kier molecular flexibility index (Phi) is 4.52. The molecule has 20 heavy (non-hydrogen) atoms. The summed E-state index contributed by atoms with van der Waals surface area (Å²) in [5.41, 5.74) is 0.764. The number of nitrogens with one attached hydrogen (secondary N) is 3. The molecule has 1 aliphatic heterocycles. The minimum Gasteiger partial charge on any atom is -0.378 e. The Bertz CT molecular complexity index is 512. The fourth-order valence-corrected chi connectivity index (χ4v) is 2.29. The number of nitro benzene ring substituents is 1. The second kappa shape index (κ2) is 6.33. The van der Waals surface area contributed by atoms with Crippen LogP contribution in [0.5, 0.6) is 0 Å². The van der Waals surface area contributed by atoms with E-state index in [9.17, 15) is 14.9 Å². The summed E-state index contributed by atoms with van der Waals surface area (Å²) in [4.78, 5) is 22.2. The third kappa shape index (κ3) is 3.24. The summed E-state index contributed by atoms with van der Waals surface area (Å²) in [6.07, 6.45) is 2.17. The van der Waals surface area contributed by atoms with Gasteiger partial charge in [0.1, 0.15) is 5.69 Å². The van der Waals surface area contributed by atoms with Crippen molar-refractivity contribution in [3.8, 4) is 0 Å². The maximum atomic E-state index is 11.6. The highest BCUT2D eigenvalue weighted by molar-refractivity contribution is 5.95. The van der Waals surface area contributed by atoms with E-state index in [1.165, 1.54) is 25.2 Å². The summed E-state index contributed by atoms with van der Waals surface area (Å²) in [5.74, 6) is -0.262. The molecule has 0 aliphatic carbocycles. The van der Waals surface area contributed by atoms with E-state index in [1.807, 2.05) is 0 Å². The van der Waals surface area contributed by atoms with Crippen molar-refractivity contribution in [2.24, 2.45) is 0 Å². The molecule has 1 aromatic carbocycles. The number of carbonyl (C=O) groups is 1. The summed E-state index contributed by atoms with van der Waals surface area (Å²) in [6, 6.07) is 4.65. The quantitative estimate of drug-likeness (QED) is 0.554. The van der Waals surface area contributed by atoms with Gasteiger partial charge in [-0.25, -0.2) is 0 Å². The lowest BCUT2D eigenvalue weighted by atomic mass is 10.1. The van der Waals surface area contributed by atoms with Gasteiger partial charge in [-0.3, -0.25) is 14.9 Å². The molecule has 7 heteroatoms. The third-order valence-electron chi connectivity index (χ3n) is 3.38. The standard InChI is InChI=1S/C13H18N4O3/c1-14-13(18)9-4-5-12(17(19)20)11(7-9)16-8-10-3-2-6-15-10/h4-5,7,10,15-16H,2-3,6,8H2,1H3,(H,14,18). The van der Waals surface area contributed by atoms with E-state index in [2.05, 4.69) is 16.0 Å². The van der Waals surface area contributed by atoms with Crippen molar-refractivity contribution in [3.63, 3.8) is 0 Å². The average Bonchev–Trinajstić information content (AvgIpc) is 2.97. The highest BCUT2D eigenvalue weighted by atomic mass is 16.6. The third-order valence-corrected chi connectivity index (χ3v) is 3.38. The number of benzene rings is 1. The lowest BCUT2D eigenvalue weighted by Gasteiger charge is -2.13. The fraction of sp³-hybridized carbons (Fsp3) is 0.462. The zero-order chi connectivity index (χ0) is 14.5. The normalized spacial score (nSPS) is 17.8. The predicted molar refractivity (Wildman–Crippen MR) is 76.0 cm³/mol. The van der Waals surface area contributed by atoms with Crippen LogP contribution >= 0.6 is 0 Å². The van der Waals surface area contributed by atoms with Gasteiger partial charge in [-0.15, -0.1) is 0 Å². The van der Waals surface area contributed by atoms with E-state index in [0.717, 1.165) is 19.4 Å². The second-order valence-corrected chi connectivity index (χ2v) is 4.74. The van der Waals surface area contributed by atoms with Crippen molar-refractivity contribution in [3.05, 3.63) is 33.9 Å². The first-order valence-corrected chi connectivity index (χ1v) is 6.59. The molecule has 1 saturated heterocycles. The van der Waals surface area contributed by atoms with Crippen molar-refractivity contribution in [1.29, 1.82) is 0 Å². The molecule has 1 amide bonds. The topological polar surface area (TPSA) is 96.3 Å². The van der Waals surface area contributed by atoms with E-state index < -0.39 is 4.92 Å². The molecular weight excluding hydrogens is 260 g/mol. The maximum absolute atomic E-state index is 11.6. The van der Waals surface area contributed by atoms with Crippen molar-refractivity contribution in [2.45, 2.75) is 18.9 Å². The summed E-state index contributed by atoms with van der Waals surface area (Å²) in [7, 11) is 1.53. The maximum Gasteiger partial charge on any atom is 0.292 e. The molecule has 1 atom stereocenters. The first kappa shape index (κ1) is 14.3. The number of rotatable bonds is 5. The number of hydrogen-bond donors (Lipinski definition) is 3. The first-order valence-electron chi connectivity index (χ1n) is 6.59. The average molecular weight is 278 g/mol. The van der Waals surface area contributed by atoms with Crippen LogP contribution < -0.4 is 16.0 Å². The molecule has 1 unspecified atom stereocenters. The molecule has 1 heterocycles. The van der Waals surface area contributed by atoms with Gasteiger partial charge in [0.25, 0.3) is 11.6 Å². The number of carbonyl (C=O) groups excluding carboxylic acids is 1. The van der Waals surface area contributed by atoms with Crippen LogP contribution in [-0.2, 0) is 0 Å². The molecule has 0 aromatic heterocycles. The number of nitro groups is 1. The van der Waals surface area contributed by atoms with Crippen molar-refractivity contribution >= 4 is 17.3 Å². The van der Waals surface area contributed by atoms with Crippen molar-refractivity contribution in [1.82, 2.24) is 10.6 Å². The molecule has 0 bridgehead atoms. The molecular formula is C13H18N4O3. The Morgan fingerprint density at radius 2 is 2.35 bits per heavy atom. The Balaban J connectivity index is 2.17. The molecule has 0 spiro atoms. The SMILES string of the molecule is CNC(=O)c1ccc([N+](=O)[O-])c(NCC2CCCN2)c1. The number of nitrogens with zero attached hydrogens (tertiary/aromatic N) is 1. The fourth-order valence-electron chi connectivity index (χ4n) is 2.29. The lowest BCUT2D eigenvalue weighted by Crippen LogP contribution is -2.29. The van der Waals surface area contributed by atoms with E-state index in [0.29, 0.717) is 23.8 Å². The molecule has 1 fully saturated rings. The molecule has 1 aromatic rings. The van der Waals surface area contributed by atoms with Crippen molar-refractivity contribution in [2.75, 3.05) is 25.5 Å². The van der Waals surface area contributed by atoms with Gasteiger partial charge in [-0.1, -0.05) is 0 Å². The van der Waals surface area contributed by atoms with Crippen molar-refractivity contribution < 1.29 is 9.72 Å². The van der Waals surface area contributed by atoms with Crippen LogP contribution in [0.1, 0.15) is 23.2 Å². The zero-order valence-electron chi connectivity index (χ0n) is 11.3. The molecule has 7 nitrogen and oxygen atoms in total. The smallest absolute Gasteiger partial charge is 0.292 e. The van der Waals surface area contributed by atoms with Gasteiger partial charge < -0.3 is 16.0 Å². The van der Waals surface area contributed by atoms with Crippen LogP contribution in [0.4, 0.5) is 11.4 Å². The Hall–Kier alpha value is -2.15. The highest BCUT2D eigenvalue weighted by Gasteiger charge is 2.19. The minimum absolute atomic E-state index is 0.0179. The molecule has 3 N–H and O–H groups in total. The Morgan fingerprint density at radius 3 is 2.95 bits per heavy atom. The number of anilines is 1. The Morgan fingerprint density at radius 1 is 1.55 bits per heavy atom. The predicted octanol–water partition coefficient (Wildman–Crippen LogP) is 1.12. The largest absolute Gasteiger partial charge is 0.378 e. The van der Waals surface area contributed by atoms with Crippen LogP contribution in [0.25, 0.3) is 0 Å². The van der Waals surface area contributed by atoms with Gasteiger partial charge in [-0.05, 0) is 31.5 Å². The molecule has 1 aliphatic rings. The summed E-state index contributed by atoms with van der Waals surface area (Å²) in [5, 5.41) is 19.9. The minimum atomic E-state index is -0.446. The summed E-state index contributed by atoms with van der Waals surface area (Å²) >= 11 is 0. The first-order chi connectivity index (χ1) is 9.61. The van der Waals surface area contributed by atoms with E-state index in [1.54, 1.807) is 0 Å². The summed E-state index contributed by atoms with van der Waals surface area (Å²) in [6.45, 7) is 1.59. The van der Waals surface area contributed by atoms with Gasteiger partial charge in [-0.2, -0.15) is 0 Å². The second-order valence-electron chi connectivity index (χ2n) is 4.74. The Labute approximate surface area is 116 Å². The number of hydrogen-bond acceptors (Lipinski definition) is 5. The lowest BCUT2D eigenvalue weighted by molar-refractivity contribution is -0.384. The van der Waals surface area contributed by atoms with Crippen LogP contribution in [0.3, 0.4) is 0 Å². The van der Waals surface area contributed by atoms with Crippen LogP contribution in [0.15, 0.2) is 18.2 Å². The monoisotopic (exact) mass is 278 g/mol. The molecule has 2 rings (SSSR count). The van der Waals surface area contributed by atoms with Gasteiger partial charge in [0.05, 0.1) is 4.92 Å². The zero-order valence-corrected chi connectivity index (χ0v) is 11.3.